The average molecular weight is 398 g/mol. The van der Waals surface area contributed by atoms with Crippen molar-refractivity contribution < 1.29 is 40.1 Å². The predicted molar refractivity (Wildman–Crippen MR) is 101 cm³/mol. The molecule has 6 atom stereocenters. The number of unbranched alkanes of at least 4 members (excludes halogenated alkanes) is 1. The normalized spacial score (nSPS) is 28.3. The molecule has 6 N–H and O–H groups in total. The third-order valence-corrected chi connectivity index (χ3v) is 4.18. The van der Waals surface area contributed by atoms with Crippen molar-refractivity contribution in [3.05, 3.63) is 12.2 Å². The molecule has 0 unspecified atom stereocenters. The monoisotopic (exact) mass is 398 g/mol. The molecule has 1 fully saturated rings. The van der Waals surface area contributed by atoms with Crippen LogP contribution in [-0.4, -0.2) is 87.3 Å². The van der Waals surface area contributed by atoms with Gasteiger partial charge in [-0.1, -0.05) is 17.9 Å². The lowest BCUT2D eigenvalue weighted by atomic mass is 9.99. The summed E-state index contributed by atoms with van der Waals surface area (Å²) < 4.78 is 10.5. The van der Waals surface area contributed by atoms with Gasteiger partial charge in [-0.2, -0.15) is 0 Å². The van der Waals surface area contributed by atoms with Gasteiger partial charge in [-0.05, 0) is 43.6 Å². The van der Waals surface area contributed by atoms with Gasteiger partial charge in [0.05, 0.1) is 19.3 Å². The topological polar surface area (TPSA) is 140 Å². The zero-order valence-electron chi connectivity index (χ0n) is 15.8. The molecule has 158 valence electrons. The van der Waals surface area contributed by atoms with Gasteiger partial charge in [-0.3, -0.25) is 0 Å². The molecule has 0 radical (unpaired) electrons. The summed E-state index contributed by atoms with van der Waals surface area (Å²) in [6, 6.07) is 0. The Morgan fingerprint density at radius 2 is 1.79 bits per heavy atom. The molecule has 1 aliphatic heterocycles. The standard InChI is InChI=1S/C20H30O8/c21-12-8-7-11-15(23)10-6-4-2-1-3-5-9-13-27-20-19(26)18(25)17(24)16(14-22)28-20/h5,9,15-26H,6-8,10-14H2/b9-5+/t15-,16+,17+,18-,19+,20+/m0/s1. The summed E-state index contributed by atoms with van der Waals surface area (Å²) in [5.74, 6) is 10.8. The maximum atomic E-state index is 9.80. The quantitative estimate of drug-likeness (QED) is 0.197. The summed E-state index contributed by atoms with van der Waals surface area (Å²) in [6.07, 6.45) is -0.551. The van der Waals surface area contributed by atoms with E-state index in [1.165, 1.54) is 6.08 Å². The van der Waals surface area contributed by atoms with Gasteiger partial charge in [0.25, 0.3) is 0 Å². The van der Waals surface area contributed by atoms with Gasteiger partial charge in [0.15, 0.2) is 6.29 Å². The Morgan fingerprint density at radius 3 is 2.50 bits per heavy atom. The summed E-state index contributed by atoms with van der Waals surface area (Å²) in [6.45, 7) is -0.321. The molecule has 0 aliphatic carbocycles. The number of hydrogen-bond donors (Lipinski definition) is 6. The van der Waals surface area contributed by atoms with Crippen molar-refractivity contribution in [2.45, 2.75) is 68.9 Å². The highest BCUT2D eigenvalue weighted by molar-refractivity contribution is 5.30. The molecule has 1 rings (SSSR count). The number of aliphatic hydroxyl groups excluding tert-OH is 6. The fourth-order valence-electron chi connectivity index (χ4n) is 2.52. The van der Waals surface area contributed by atoms with Crippen LogP contribution in [0.25, 0.3) is 0 Å². The molecule has 0 amide bonds. The minimum absolute atomic E-state index is 0.0465. The molecular weight excluding hydrogens is 368 g/mol. The van der Waals surface area contributed by atoms with Crippen LogP contribution in [-0.2, 0) is 9.47 Å². The second kappa shape index (κ2) is 14.5. The van der Waals surface area contributed by atoms with Crippen molar-refractivity contribution in [2.75, 3.05) is 19.8 Å². The third kappa shape index (κ3) is 9.16. The lowest BCUT2D eigenvalue weighted by Gasteiger charge is -2.39. The van der Waals surface area contributed by atoms with Crippen LogP contribution in [0.15, 0.2) is 12.2 Å². The van der Waals surface area contributed by atoms with Gasteiger partial charge in [-0.25, -0.2) is 0 Å². The van der Waals surface area contributed by atoms with E-state index in [1.54, 1.807) is 6.08 Å². The molecule has 1 aliphatic rings. The number of aliphatic hydroxyl groups is 6. The first kappa shape index (κ1) is 24.6. The van der Waals surface area contributed by atoms with Crippen LogP contribution < -0.4 is 0 Å². The first-order chi connectivity index (χ1) is 13.5. The Morgan fingerprint density at radius 1 is 1.00 bits per heavy atom. The Labute approximate surface area is 165 Å². The maximum Gasteiger partial charge on any atom is 0.187 e. The number of ether oxygens (including phenoxy) is 2. The first-order valence-electron chi connectivity index (χ1n) is 9.35. The lowest BCUT2D eigenvalue weighted by molar-refractivity contribution is -0.298. The van der Waals surface area contributed by atoms with Gasteiger partial charge in [0, 0.05) is 13.0 Å². The zero-order valence-corrected chi connectivity index (χ0v) is 15.8. The van der Waals surface area contributed by atoms with E-state index in [1.807, 2.05) is 0 Å². The van der Waals surface area contributed by atoms with Crippen molar-refractivity contribution in [1.29, 1.82) is 0 Å². The number of hydrogen-bond acceptors (Lipinski definition) is 8. The Kier molecular flexibility index (Phi) is 12.8. The second-order valence-electron chi connectivity index (χ2n) is 6.42. The van der Waals surface area contributed by atoms with E-state index in [0.29, 0.717) is 25.7 Å². The van der Waals surface area contributed by atoms with Crippen LogP contribution in [0.3, 0.4) is 0 Å². The average Bonchev–Trinajstić information content (AvgIpc) is 2.69. The third-order valence-electron chi connectivity index (χ3n) is 4.18. The van der Waals surface area contributed by atoms with Crippen LogP contribution in [0.4, 0.5) is 0 Å². The molecular formula is C20H30O8. The second-order valence-corrected chi connectivity index (χ2v) is 6.42. The van der Waals surface area contributed by atoms with E-state index in [4.69, 9.17) is 19.7 Å². The summed E-state index contributed by atoms with van der Waals surface area (Å²) in [7, 11) is 0. The van der Waals surface area contributed by atoms with Gasteiger partial charge >= 0.3 is 0 Å². The van der Waals surface area contributed by atoms with Crippen LogP contribution in [0, 0.1) is 23.7 Å². The molecule has 8 nitrogen and oxygen atoms in total. The van der Waals surface area contributed by atoms with Gasteiger partial charge in [-0.15, -0.1) is 0 Å². The van der Waals surface area contributed by atoms with E-state index in [9.17, 15) is 20.4 Å². The zero-order chi connectivity index (χ0) is 20.8. The number of allylic oxidation sites excluding steroid dienone is 1. The number of rotatable bonds is 10. The lowest BCUT2D eigenvalue weighted by Crippen LogP contribution is -2.59. The summed E-state index contributed by atoms with van der Waals surface area (Å²) in [5, 5.41) is 56.6. The van der Waals surface area contributed by atoms with Crippen molar-refractivity contribution in [3.8, 4) is 23.7 Å². The van der Waals surface area contributed by atoms with Crippen LogP contribution in [0.1, 0.15) is 32.1 Å². The van der Waals surface area contributed by atoms with Crippen molar-refractivity contribution >= 4 is 0 Å². The van der Waals surface area contributed by atoms with Crippen molar-refractivity contribution in [3.63, 3.8) is 0 Å². The summed E-state index contributed by atoms with van der Waals surface area (Å²) >= 11 is 0. The molecule has 28 heavy (non-hydrogen) atoms. The van der Waals surface area contributed by atoms with E-state index >= 15 is 0 Å². The fraction of sp³-hybridized carbons (Fsp3) is 0.700. The Hall–Kier alpha value is -1.46. The molecule has 0 saturated carbocycles. The van der Waals surface area contributed by atoms with Crippen molar-refractivity contribution in [2.24, 2.45) is 0 Å². The smallest absolute Gasteiger partial charge is 0.187 e. The summed E-state index contributed by atoms with van der Waals surface area (Å²) in [5.41, 5.74) is 0. The van der Waals surface area contributed by atoms with Crippen LogP contribution in [0.2, 0.25) is 0 Å². The van der Waals surface area contributed by atoms with E-state index in [0.717, 1.165) is 6.42 Å². The Balaban J connectivity index is 2.24. The molecule has 1 heterocycles. The van der Waals surface area contributed by atoms with E-state index in [-0.39, 0.29) is 13.2 Å². The fourth-order valence-corrected chi connectivity index (χ4v) is 2.52. The molecule has 8 heteroatoms. The van der Waals surface area contributed by atoms with E-state index < -0.39 is 43.4 Å². The van der Waals surface area contributed by atoms with Gasteiger partial charge in [0.1, 0.15) is 24.4 Å². The highest BCUT2D eigenvalue weighted by atomic mass is 16.7. The summed E-state index contributed by atoms with van der Waals surface area (Å²) in [4.78, 5) is 0. The molecule has 0 aromatic carbocycles. The van der Waals surface area contributed by atoms with Crippen LogP contribution in [0.5, 0.6) is 0 Å². The molecule has 0 bridgehead atoms. The van der Waals surface area contributed by atoms with E-state index in [2.05, 4.69) is 23.7 Å². The maximum absolute atomic E-state index is 9.80. The molecule has 0 aromatic heterocycles. The van der Waals surface area contributed by atoms with Crippen LogP contribution >= 0.6 is 0 Å². The molecule has 0 spiro atoms. The minimum atomic E-state index is -1.47. The highest BCUT2D eigenvalue weighted by Crippen LogP contribution is 2.21. The predicted octanol–water partition coefficient (Wildman–Crippen LogP) is -1.33. The minimum Gasteiger partial charge on any atom is -0.396 e. The highest BCUT2D eigenvalue weighted by Gasteiger charge is 2.43. The molecule has 1 saturated heterocycles. The Bertz CT molecular complexity index is 568. The van der Waals surface area contributed by atoms with Crippen molar-refractivity contribution in [1.82, 2.24) is 0 Å². The van der Waals surface area contributed by atoms with Gasteiger partial charge < -0.3 is 40.1 Å². The first-order valence-corrected chi connectivity index (χ1v) is 9.35. The SMILES string of the molecule is OCCCC[C@@H](O)CCC#CC#C/C=C/CO[C@@H]1O[C@H](CO)[C@@H](O)[C@H](O)[C@H]1O. The largest absolute Gasteiger partial charge is 0.396 e. The van der Waals surface area contributed by atoms with Gasteiger partial charge in [0.2, 0.25) is 0 Å². The molecule has 0 aromatic rings.